The summed E-state index contributed by atoms with van der Waals surface area (Å²) >= 11 is 0. The summed E-state index contributed by atoms with van der Waals surface area (Å²) < 4.78 is 20.0. The molecule has 8 heteroatoms. The van der Waals surface area contributed by atoms with Gasteiger partial charge >= 0.3 is 0 Å². The number of nitrogens with one attached hydrogen (secondary N) is 1. The van der Waals surface area contributed by atoms with Crippen LogP contribution in [-0.2, 0) is 0 Å². The molecule has 0 aromatic heterocycles. The average molecular weight is 354 g/mol. The fourth-order valence-corrected chi connectivity index (χ4v) is 3.02. The van der Waals surface area contributed by atoms with Crippen molar-refractivity contribution in [2.45, 2.75) is 5.92 Å². The van der Waals surface area contributed by atoms with Crippen LogP contribution >= 0.6 is 0 Å². The van der Waals surface area contributed by atoms with Crippen molar-refractivity contribution < 1.29 is 14.1 Å². The van der Waals surface area contributed by atoms with Crippen LogP contribution < -0.4 is 9.64 Å². The number of nitriles is 1. The van der Waals surface area contributed by atoms with Crippen molar-refractivity contribution in [1.82, 2.24) is 0 Å². The number of hydrogen-bond donors (Lipinski definition) is 1. The molecular weight excluding hydrogens is 339 g/mol. The number of nitro groups is 1. The molecule has 2 aromatic rings. The van der Waals surface area contributed by atoms with Crippen molar-refractivity contribution in [2.24, 2.45) is 5.92 Å². The second-order valence-electron chi connectivity index (χ2n) is 6.13. The molecule has 7 nitrogen and oxygen atoms in total. The highest BCUT2D eigenvalue weighted by Gasteiger charge is 2.39. The Kier molecular flexibility index (Phi) is 4.30. The zero-order chi connectivity index (χ0) is 19.0. The molecule has 132 valence electrons. The number of halogens is 1. The van der Waals surface area contributed by atoms with Gasteiger partial charge in [-0.05, 0) is 12.1 Å². The molecule has 0 saturated carbocycles. The maximum atomic E-state index is 14.5. The second kappa shape index (κ2) is 6.44. The topological polar surface area (TPSA) is 103 Å². The van der Waals surface area contributed by atoms with Crippen LogP contribution in [-0.4, -0.2) is 24.9 Å². The van der Waals surface area contributed by atoms with Crippen LogP contribution in [0.5, 0.6) is 5.75 Å². The molecule has 0 saturated heterocycles. The van der Waals surface area contributed by atoms with Crippen molar-refractivity contribution in [2.75, 3.05) is 19.0 Å². The van der Waals surface area contributed by atoms with E-state index >= 15 is 0 Å². The molecule has 1 aliphatic rings. The van der Waals surface area contributed by atoms with Crippen LogP contribution in [0.1, 0.15) is 17.0 Å². The Balaban J connectivity index is 2.23. The molecule has 26 heavy (non-hydrogen) atoms. The first-order valence-electron chi connectivity index (χ1n) is 7.74. The number of non-ortho nitro benzene ring substituents is 1. The van der Waals surface area contributed by atoms with Gasteiger partial charge in [0, 0.05) is 55.0 Å². The highest BCUT2D eigenvalue weighted by molar-refractivity contribution is 5.85. The molecule has 1 N–H and O–H groups in total. The number of rotatable bonds is 3. The van der Waals surface area contributed by atoms with Crippen molar-refractivity contribution in [3.8, 4) is 11.8 Å². The first-order chi connectivity index (χ1) is 12.3. The van der Waals surface area contributed by atoms with Gasteiger partial charge in [-0.1, -0.05) is 6.07 Å². The zero-order valence-corrected chi connectivity index (χ0v) is 14.1. The molecule has 0 bridgehead atoms. The van der Waals surface area contributed by atoms with Gasteiger partial charge in [0.05, 0.1) is 11.0 Å². The van der Waals surface area contributed by atoms with Gasteiger partial charge in [0.25, 0.3) is 5.69 Å². The van der Waals surface area contributed by atoms with E-state index in [9.17, 15) is 19.8 Å². The largest absolute Gasteiger partial charge is 0.442 e. The van der Waals surface area contributed by atoms with E-state index in [2.05, 4.69) is 0 Å². The molecule has 3 rings (SSSR count). The number of nitro benzene ring substituents is 1. The quantitative estimate of drug-likeness (QED) is 0.672. The number of ether oxygens (including phenoxy) is 1. The number of fused-ring (bicyclic) bond motifs is 1. The van der Waals surface area contributed by atoms with Gasteiger partial charge in [0.2, 0.25) is 5.90 Å². The SMILES string of the molecule is CN(C)c1ccc2c(c1)OC(=N)C(C#N)C2c1cc([N+](=O)[O-])ccc1F. The number of benzene rings is 2. The summed E-state index contributed by atoms with van der Waals surface area (Å²) in [4.78, 5) is 12.3. The lowest BCUT2D eigenvalue weighted by molar-refractivity contribution is -0.385. The summed E-state index contributed by atoms with van der Waals surface area (Å²) in [7, 11) is 3.68. The molecule has 2 aromatic carbocycles. The van der Waals surface area contributed by atoms with Crippen molar-refractivity contribution in [1.29, 1.82) is 10.7 Å². The monoisotopic (exact) mass is 354 g/mol. The van der Waals surface area contributed by atoms with Crippen LogP contribution in [0.3, 0.4) is 0 Å². The van der Waals surface area contributed by atoms with E-state index in [4.69, 9.17) is 10.1 Å². The molecule has 0 spiro atoms. The number of anilines is 1. The summed E-state index contributed by atoms with van der Waals surface area (Å²) in [6.45, 7) is 0. The Labute approximate surface area is 148 Å². The standard InChI is InChI=1S/C18H15FN4O3/c1-22(2)10-3-5-12-16(8-10)26-18(21)14(9-20)17(12)13-7-11(23(24)25)4-6-15(13)19/h3-8,14,17,21H,1-2H3. The van der Waals surface area contributed by atoms with Crippen molar-refractivity contribution >= 4 is 17.3 Å². The lowest BCUT2D eigenvalue weighted by atomic mass is 9.78. The maximum absolute atomic E-state index is 14.5. The summed E-state index contributed by atoms with van der Waals surface area (Å²) in [5.74, 6) is -2.59. The fraction of sp³-hybridized carbons (Fsp3) is 0.222. The minimum atomic E-state index is -1.08. The van der Waals surface area contributed by atoms with Gasteiger partial charge in [0.15, 0.2) is 0 Å². The molecule has 2 unspecified atom stereocenters. The van der Waals surface area contributed by atoms with Crippen LogP contribution in [0, 0.1) is 38.6 Å². The normalized spacial score (nSPS) is 18.5. The summed E-state index contributed by atoms with van der Waals surface area (Å²) in [6, 6.07) is 10.3. The Morgan fingerprint density at radius 1 is 1.27 bits per heavy atom. The Morgan fingerprint density at radius 2 is 2.00 bits per heavy atom. The molecule has 2 atom stereocenters. The van der Waals surface area contributed by atoms with E-state index < -0.39 is 22.6 Å². The van der Waals surface area contributed by atoms with E-state index in [-0.39, 0.29) is 17.1 Å². The first-order valence-corrected chi connectivity index (χ1v) is 7.74. The predicted molar refractivity (Wildman–Crippen MR) is 93.1 cm³/mol. The van der Waals surface area contributed by atoms with Gasteiger partial charge in [0.1, 0.15) is 17.5 Å². The molecule has 1 heterocycles. The molecule has 0 amide bonds. The van der Waals surface area contributed by atoms with Crippen LogP contribution in [0.2, 0.25) is 0 Å². The zero-order valence-electron chi connectivity index (χ0n) is 14.1. The third kappa shape index (κ3) is 2.84. The van der Waals surface area contributed by atoms with Crippen molar-refractivity contribution in [3.05, 3.63) is 63.5 Å². The number of hydrogen-bond acceptors (Lipinski definition) is 6. The minimum absolute atomic E-state index is 0.00217. The molecule has 0 aliphatic carbocycles. The highest BCUT2D eigenvalue weighted by atomic mass is 19.1. The lowest BCUT2D eigenvalue weighted by Gasteiger charge is -2.31. The van der Waals surface area contributed by atoms with Crippen molar-refractivity contribution in [3.63, 3.8) is 0 Å². The average Bonchev–Trinajstić information content (AvgIpc) is 2.60. The second-order valence-corrected chi connectivity index (χ2v) is 6.13. The third-order valence-electron chi connectivity index (χ3n) is 4.35. The van der Waals surface area contributed by atoms with Crippen LogP contribution in [0.15, 0.2) is 36.4 Å². The molecule has 0 fully saturated rings. The number of nitrogens with zero attached hydrogens (tertiary/aromatic N) is 3. The van der Waals surface area contributed by atoms with Gasteiger partial charge in [-0.2, -0.15) is 5.26 Å². The highest BCUT2D eigenvalue weighted by Crippen LogP contribution is 2.44. The van der Waals surface area contributed by atoms with Gasteiger partial charge in [-0.25, -0.2) is 4.39 Å². The predicted octanol–water partition coefficient (Wildman–Crippen LogP) is 3.44. The minimum Gasteiger partial charge on any atom is -0.442 e. The maximum Gasteiger partial charge on any atom is 0.269 e. The van der Waals surface area contributed by atoms with E-state index in [1.54, 1.807) is 18.2 Å². The van der Waals surface area contributed by atoms with E-state index in [1.807, 2.05) is 25.1 Å². The van der Waals surface area contributed by atoms with E-state index in [0.717, 1.165) is 23.9 Å². The smallest absolute Gasteiger partial charge is 0.269 e. The summed E-state index contributed by atoms with van der Waals surface area (Å²) in [5.41, 5.74) is 1.04. The Morgan fingerprint density at radius 3 is 2.62 bits per heavy atom. The van der Waals surface area contributed by atoms with Gasteiger partial charge in [-0.3, -0.25) is 15.5 Å². The Bertz CT molecular complexity index is 952. The molecular formula is C18H15FN4O3. The van der Waals surface area contributed by atoms with Crippen LogP contribution in [0.25, 0.3) is 0 Å². The third-order valence-corrected chi connectivity index (χ3v) is 4.35. The molecule has 0 radical (unpaired) electrons. The first kappa shape index (κ1) is 17.4. The van der Waals surface area contributed by atoms with Gasteiger partial charge < -0.3 is 9.64 Å². The van der Waals surface area contributed by atoms with E-state index in [1.165, 1.54) is 0 Å². The lowest BCUT2D eigenvalue weighted by Crippen LogP contribution is -2.31. The summed E-state index contributed by atoms with van der Waals surface area (Å²) in [6.07, 6.45) is 0. The van der Waals surface area contributed by atoms with Crippen LogP contribution in [0.4, 0.5) is 15.8 Å². The molecule has 1 aliphatic heterocycles. The van der Waals surface area contributed by atoms with Gasteiger partial charge in [-0.15, -0.1) is 0 Å². The summed E-state index contributed by atoms with van der Waals surface area (Å²) in [5, 5.41) is 28.6. The van der Waals surface area contributed by atoms with E-state index in [0.29, 0.717) is 11.3 Å². The fourth-order valence-electron chi connectivity index (χ4n) is 3.02. The Hall–Kier alpha value is -3.47.